The Hall–Kier alpha value is -1.83. The molecule has 4 rings (SSSR count). The predicted molar refractivity (Wildman–Crippen MR) is 106 cm³/mol. The summed E-state index contributed by atoms with van der Waals surface area (Å²) in [5, 5.41) is 17.1. The van der Waals surface area contributed by atoms with Gasteiger partial charge in [0.25, 0.3) is 0 Å². The van der Waals surface area contributed by atoms with Crippen molar-refractivity contribution in [2.24, 2.45) is 0 Å². The van der Waals surface area contributed by atoms with Gasteiger partial charge < -0.3 is 9.88 Å². The van der Waals surface area contributed by atoms with Gasteiger partial charge in [-0.1, -0.05) is 38.5 Å². The van der Waals surface area contributed by atoms with Gasteiger partial charge in [-0.2, -0.15) is 5.10 Å². The van der Waals surface area contributed by atoms with Gasteiger partial charge >= 0.3 is 0 Å². The maximum atomic E-state index is 12.4. The van der Waals surface area contributed by atoms with Gasteiger partial charge in [0.1, 0.15) is 11.6 Å². The highest BCUT2D eigenvalue weighted by atomic mass is 32.2. The van der Waals surface area contributed by atoms with E-state index in [-0.39, 0.29) is 5.91 Å². The van der Waals surface area contributed by atoms with Crippen molar-refractivity contribution in [1.29, 1.82) is 0 Å². The number of anilines is 1. The summed E-state index contributed by atoms with van der Waals surface area (Å²) in [7, 11) is 0. The molecule has 1 N–H and O–H groups in total. The van der Waals surface area contributed by atoms with Crippen LogP contribution in [0.3, 0.4) is 0 Å². The van der Waals surface area contributed by atoms with Crippen molar-refractivity contribution < 1.29 is 4.79 Å². The molecule has 27 heavy (non-hydrogen) atoms. The monoisotopic (exact) mass is 388 g/mol. The van der Waals surface area contributed by atoms with Crippen molar-refractivity contribution in [2.75, 3.05) is 11.1 Å². The molecule has 7 nitrogen and oxygen atoms in total. The van der Waals surface area contributed by atoms with Crippen LogP contribution in [0.5, 0.6) is 0 Å². The van der Waals surface area contributed by atoms with Crippen molar-refractivity contribution in [3.05, 3.63) is 18.1 Å². The first-order chi connectivity index (χ1) is 13.1. The number of thioether (sulfide) groups is 1. The van der Waals surface area contributed by atoms with Crippen LogP contribution in [0, 0.1) is 0 Å². The fourth-order valence-corrected chi connectivity index (χ4v) is 4.70. The van der Waals surface area contributed by atoms with Crippen LogP contribution in [-0.2, 0) is 4.79 Å². The first-order valence-corrected chi connectivity index (χ1v) is 11.0. The molecule has 0 atom stereocenters. The lowest BCUT2D eigenvalue weighted by Crippen LogP contribution is -2.18. The van der Waals surface area contributed by atoms with Gasteiger partial charge in [-0.3, -0.25) is 4.79 Å². The van der Waals surface area contributed by atoms with Crippen molar-refractivity contribution in [2.45, 2.75) is 82.0 Å². The second-order valence-corrected chi connectivity index (χ2v) is 8.90. The molecule has 0 radical (unpaired) electrons. The minimum absolute atomic E-state index is 0.0313. The predicted octanol–water partition coefficient (Wildman–Crippen LogP) is 4.17. The number of carbonyl (C=O) groups is 1. The lowest BCUT2D eigenvalue weighted by Gasteiger charge is -2.14. The molecule has 2 heterocycles. The molecule has 8 heteroatoms. The molecule has 2 aliphatic carbocycles. The smallest absolute Gasteiger partial charge is 0.226 e. The van der Waals surface area contributed by atoms with Crippen LogP contribution in [0.1, 0.15) is 82.6 Å². The zero-order valence-corrected chi connectivity index (χ0v) is 16.9. The molecular formula is C19H28N6OS. The van der Waals surface area contributed by atoms with E-state index in [1.54, 1.807) is 18.0 Å². The zero-order valence-electron chi connectivity index (χ0n) is 16.1. The van der Waals surface area contributed by atoms with E-state index in [2.05, 4.69) is 39.0 Å². The number of hydrogen-bond donors (Lipinski definition) is 1. The van der Waals surface area contributed by atoms with Crippen molar-refractivity contribution in [3.8, 4) is 0 Å². The normalized spacial score (nSPS) is 17.7. The average molecular weight is 389 g/mol. The zero-order chi connectivity index (χ0) is 18.8. The molecular weight excluding hydrogens is 360 g/mol. The van der Waals surface area contributed by atoms with E-state index in [0.717, 1.165) is 29.6 Å². The third-order valence-electron chi connectivity index (χ3n) is 5.29. The molecule has 2 aromatic heterocycles. The van der Waals surface area contributed by atoms with E-state index in [1.165, 1.54) is 25.7 Å². The van der Waals surface area contributed by atoms with Crippen molar-refractivity contribution >= 4 is 23.5 Å². The summed E-state index contributed by atoms with van der Waals surface area (Å²) >= 11 is 1.63. The second-order valence-electron chi connectivity index (χ2n) is 7.84. The van der Waals surface area contributed by atoms with Gasteiger partial charge in [0.15, 0.2) is 5.16 Å². The van der Waals surface area contributed by atoms with Gasteiger partial charge in [0.2, 0.25) is 5.91 Å². The van der Waals surface area contributed by atoms with Crippen LogP contribution in [0.15, 0.2) is 17.4 Å². The molecule has 1 amide bonds. The maximum Gasteiger partial charge on any atom is 0.226 e. The lowest BCUT2D eigenvalue weighted by atomic mass is 10.2. The van der Waals surface area contributed by atoms with Crippen LogP contribution in [0.4, 0.5) is 5.82 Å². The summed E-state index contributed by atoms with van der Waals surface area (Å²) in [6.45, 7) is 4.30. The Morgan fingerprint density at radius 1 is 1.22 bits per heavy atom. The fraction of sp³-hybridized carbons (Fsp3) is 0.684. The highest BCUT2D eigenvalue weighted by molar-refractivity contribution is 7.99. The highest BCUT2D eigenvalue weighted by Gasteiger charge is 2.30. The highest BCUT2D eigenvalue weighted by Crippen LogP contribution is 2.40. The molecule has 2 aromatic rings. The minimum Gasteiger partial charge on any atom is -0.311 e. The maximum absolute atomic E-state index is 12.4. The van der Waals surface area contributed by atoms with Gasteiger partial charge in [-0.25, -0.2) is 4.68 Å². The van der Waals surface area contributed by atoms with Gasteiger partial charge in [-0.05, 0) is 25.7 Å². The lowest BCUT2D eigenvalue weighted by molar-refractivity contribution is -0.115. The number of amides is 1. The SMILES string of the molecule is CC(C)c1nnc(SCCC(=O)Nc2ccnn2C2CCCC2)n1C1CC1. The van der Waals surface area contributed by atoms with Crippen LogP contribution in [0.25, 0.3) is 0 Å². The van der Waals surface area contributed by atoms with E-state index in [1.807, 2.05) is 10.7 Å². The largest absolute Gasteiger partial charge is 0.311 e. The van der Waals surface area contributed by atoms with E-state index in [0.29, 0.717) is 30.2 Å². The number of nitrogens with one attached hydrogen (secondary N) is 1. The standard InChI is InChI=1S/C19H28N6OS/c1-13(2)18-22-23-19(24(18)14-7-8-14)27-12-10-17(26)21-16-9-11-20-25(16)15-5-3-4-6-15/h9,11,13-15H,3-8,10,12H2,1-2H3,(H,21,26). The molecule has 0 unspecified atom stereocenters. The number of carbonyl (C=O) groups excluding carboxylic acids is 1. The number of aromatic nitrogens is 5. The topological polar surface area (TPSA) is 77.6 Å². The van der Waals surface area contributed by atoms with Gasteiger partial charge in [-0.15, -0.1) is 10.2 Å². The number of rotatable bonds is 8. The average Bonchev–Trinajstić information content (AvgIpc) is 3.05. The summed E-state index contributed by atoms with van der Waals surface area (Å²) in [6, 6.07) is 2.87. The van der Waals surface area contributed by atoms with Crippen molar-refractivity contribution in [3.63, 3.8) is 0 Å². The summed E-state index contributed by atoms with van der Waals surface area (Å²) < 4.78 is 4.26. The van der Waals surface area contributed by atoms with E-state index < -0.39 is 0 Å². The van der Waals surface area contributed by atoms with E-state index in [9.17, 15) is 4.79 Å². The van der Waals surface area contributed by atoms with Gasteiger partial charge in [0.05, 0.1) is 12.2 Å². The molecule has 0 aliphatic heterocycles. The Balaban J connectivity index is 1.31. The molecule has 2 fully saturated rings. The molecule has 2 saturated carbocycles. The fourth-order valence-electron chi connectivity index (χ4n) is 3.75. The van der Waals surface area contributed by atoms with E-state index >= 15 is 0 Å². The van der Waals surface area contributed by atoms with Crippen LogP contribution in [-0.4, -0.2) is 36.2 Å². The summed E-state index contributed by atoms with van der Waals surface area (Å²) in [6.07, 6.45) is 9.42. The van der Waals surface area contributed by atoms with E-state index in [4.69, 9.17) is 0 Å². The summed E-state index contributed by atoms with van der Waals surface area (Å²) in [5.74, 6) is 2.98. The first kappa shape index (κ1) is 18.5. The third kappa shape index (κ3) is 4.20. The molecule has 0 saturated heterocycles. The Kier molecular flexibility index (Phi) is 5.52. The number of hydrogen-bond acceptors (Lipinski definition) is 5. The molecule has 0 aromatic carbocycles. The molecule has 2 aliphatic rings. The Morgan fingerprint density at radius 3 is 2.70 bits per heavy atom. The van der Waals surface area contributed by atoms with Crippen molar-refractivity contribution in [1.82, 2.24) is 24.5 Å². The number of nitrogens with zero attached hydrogens (tertiary/aromatic N) is 5. The minimum atomic E-state index is 0.0313. The second kappa shape index (κ2) is 8.04. The molecule has 0 spiro atoms. The van der Waals surface area contributed by atoms with Crippen LogP contribution in [0.2, 0.25) is 0 Å². The van der Waals surface area contributed by atoms with Gasteiger partial charge in [0, 0.05) is 30.2 Å². The van der Waals surface area contributed by atoms with Crippen LogP contribution >= 0.6 is 11.8 Å². The molecule has 0 bridgehead atoms. The van der Waals surface area contributed by atoms with Crippen LogP contribution < -0.4 is 5.32 Å². The third-order valence-corrected chi connectivity index (χ3v) is 6.23. The Labute approximate surface area is 164 Å². The summed E-state index contributed by atoms with van der Waals surface area (Å²) in [5.41, 5.74) is 0. The Morgan fingerprint density at radius 2 is 2.00 bits per heavy atom. The quantitative estimate of drug-likeness (QED) is 0.687. The molecule has 146 valence electrons. The first-order valence-electron chi connectivity index (χ1n) is 10.0. The summed E-state index contributed by atoms with van der Waals surface area (Å²) in [4.78, 5) is 12.4. The Bertz CT molecular complexity index is 788.